The molecule has 0 radical (unpaired) electrons. The van der Waals surface area contributed by atoms with Crippen molar-refractivity contribution in [3.8, 4) is 0 Å². The van der Waals surface area contributed by atoms with Crippen molar-refractivity contribution in [2.24, 2.45) is 0 Å². The van der Waals surface area contributed by atoms with Gasteiger partial charge in [0.05, 0.1) is 23.1 Å². The molecule has 5 nitrogen and oxygen atoms in total. The maximum absolute atomic E-state index is 13.1. The minimum Gasteiger partial charge on any atom is -0.315 e. The number of rotatable bonds is 3. The van der Waals surface area contributed by atoms with Gasteiger partial charge in [-0.1, -0.05) is 37.6 Å². The zero-order chi connectivity index (χ0) is 18.4. The number of anilines is 1. The Morgan fingerprint density at radius 3 is 2.46 bits per heavy atom. The van der Waals surface area contributed by atoms with Crippen molar-refractivity contribution in [3.63, 3.8) is 0 Å². The van der Waals surface area contributed by atoms with Crippen molar-refractivity contribution < 1.29 is 9.59 Å². The fourth-order valence-electron chi connectivity index (χ4n) is 3.48. The van der Waals surface area contributed by atoms with Crippen molar-refractivity contribution in [2.45, 2.75) is 32.2 Å². The zero-order valence-electron chi connectivity index (χ0n) is 14.5. The third kappa shape index (κ3) is 2.59. The number of fused-ring (bicyclic) bond motifs is 1. The molecule has 0 bridgehead atoms. The smallest absolute Gasteiger partial charge is 0.257 e. The SMILES string of the molecule is CC(C)c1nc2ccccc2n1[C@@H]1CC(=O)N(c2ccc(Cl)cc2)C1=O. The summed E-state index contributed by atoms with van der Waals surface area (Å²) in [7, 11) is 0. The minimum atomic E-state index is -0.581. The first kappa shape index (κ1) is 16.8. The lowest BCUT2D eigenvalue weighted by Crippen LogP contribution is -2.31. The fraction of sp³-hybridized carbons (Fsp3) is 0.250. The van der Waals surface area contributed by atoms with Crippen LogP contribution in [0.3, 0.4) is 0 Å². The average molecular weight is 368 g/mol. The van der Waals surface area contributed by atoms with Gasteiger partial charge in [0.2, 0.25) is 5.91 Å². The van der Waals surface area contributed by atoms with Crippen molar-refractivity contribution >= 4 is 40.1 Å². The number of imidazole rings is 1. The van der Waals surface area contributed by atoms with Gasteiger partial charge in [0.15, 0.2) is 0 Å². The number of hydrogen-bond acceptors (Lipinski definition) is 3. The molecule has 2 amide bonds. The molecule has 1 saturated heterocycles. The van der Waals surface area contributed by atoms with Crippen molar-refractivity contribution in [1.82, 2.24) is 9.55 Å². The summed E-state index contributed by atoms with van der Waals surface area (Å²) in [6.07, 6.45) is 0.127. The van der Waals surface area contributed by atoms with Crippen LogP contribution in [0.2, 0.25) is 5.02 Å². The van der Waals surface area contributed by atoms with E-state index >= 15 is 0 Å². The molecule has 1 atom stereocenters. The molecule has 2 heterocycles. The van der Waals surface area contributed by atoms with Gasteiger partial charge in [-0.15, -0.1) is 0 Å². The summed E-state index contributed by atoms with van der Waals surface area (Å²) in [5.74, 6) is 0.502. The molecular weight excluding hydrogens is 350 g/mol. The molecule has 26 heavy (non-hydrogen) atoms. The van der Waals surface area contributed by atoms with Gasteiger partial charge in [0, 0.05) is 10.9 Å². The van der Waals surface area contributed by atoms with Gasteiger partial charge in [-0.3, -0.25) is 9.59 Å². The van der Waals surface area contributed by atoms with Crippen LogP contribution in [0.5, 0.6) is 0 Å². The highest BCUT2D eigenvalue weighted by Crippen LogP contribution is 2.35. The van der Waals surface area contributed by atoms with Crippen LogP contribution < -0.4 is 4.90 Å². The van der Waals surface area contributed by atoms with Crippen LogP contribution in [0, 0.1) is 0 Å². The lowest BCUT2D eigenvalue weighted by Gasteiger charge is -2.18. The van der Waals surface area contributed by atoms with Gasteiger partial charge < -0.3 is 4.57 Å². The molecule has 3 aromatic rings. The molecule has 1 aliphatic heterocycles. The Morgan fingerprint density at radius 2 is 1.77 bits per heavy atom. The van der Waals surface area contributed by atoms with E-state index in [0.29, 0.717) is 10.7 Å². The van der Waals surface area contributed by atoms with Crippen LogP contribution in [0.4, 0.5) is 5.69 Å². The Hall–Kier alpha value is -2.66. The highest BCUT2D eigenvalue weighted by atomic mass is 35.5. The Labute approximate surface area is 156 Å². The van der Waals surface area contributed by atoms with Crippen molar-refractivity contribution in [3.05, 3.63) is 59.4 Å². The molecule has 6 heteroatoms. The normalized spacial score (nSPS) is 17.7. The first-order valence-electron chi connectivity index (χ1n) is 8.56. The van der Waals surface area contributed by atoms with E-state index in [2.05, 4.69) is 4.98 Å². The highest BCUT2D eigenvalue weighted by molar-refractivity contribution is 6.30. The molecule has 1 aliphatic rings. The third-order valence-corrected chi connectivity index (χ3v) is 4.91. The van der Waals surface area contributed by atoms with Crippen molar-refractivity contribution in [2.75, 3.05) is 4.90 Å². The molecule has 2 aromatic carbocycles. The van der Waals surface area contributed by atoms with E-state index in [1.54, 1.807) is 24.3 Å². The number of para-hydroxylation sites is 2. The quantitative estimate of drug-likeness (QED) is 0.648. The topological polar surface area (TPSA) is 55.2 Å². The molecule has 132 valence electrons. The fourth-order valence-corrected chi connectivity index (χ4v) is 3.60. The van der Waals surface area contributed by atoms with Gasteiger partial charge in [-0.05, 0) is 36.4 Å². The summed E-state index contributed by atoms with van der Waals surface area (Å²) in [6.45, 7) is 4.08. The summed E-state index contributed by atoms with van der Waals surface area (Å²) in [4.78, 5) is 31.7. The predicted molar refractivity (Wildman–Crippen MR) is 101 cm³/mol. The number of aromatic nitrogens is 2. The van der Waals surface area contributed by atoms with Gasteiger partial charge in [0.25, 0.3) is 5.91 Å². The zero-order valence-corrected chi connectivity index (χ0v) is 15.3. The maximum Gasteiger partial charge on any atom is 0.257 e. The lowest BCUT2D eigenvalue weighted by atomic mass is 10.1. The Bertz CT molecular complexity index is 1010. The summed E-state index contributed by atoms with van der Waals surface area (Å²) >= 11 is 5.92. The molecule has 0 unspecified atom stereocenters. The Morgan fingerprint density at radius 1 is 1.08 bits per heavy atom. The van der Waals surface area contributed by atoms with Crippen molar-refractivity contribution in [1.29, 1.82) is 0 Å². The molecule has 1 aromatic heterocycles. The maximum atomic E-state index is 13.1. The van der Waals surface area contributed by atoms with E-state index in [4.69, 9.17) is 11.6 Å². The first-order chi connectivity index (χ1) is 12.5. The van der Waals surface area contributed by atoms with Gasteiger partial charge in [0.1, 0.15) is 11.9 Å². The van der Waals surface area contributed by atoms with Gasteiger partial charge in [-0.2, -0.15) is 0 Å². The number of imide groups is 1. The van der Waals surface area contributed by atoms with E-state index in [-0.39, 0.29) is 24.2 Å². The number of nitrogens with zero attached hydrogens (tertiary/aromatic N) is 3. The molecule has 0 saturated carbocycles. The molecule has 0 aliphatic carbocycles. The second-order valence-electron chi connectivity index (χ2n) is 6.75. The number of hydrogen-bond donors (Lipinski definition) is 0. The molecule has 0 spiro atoms. The van der Waals surface area contributed by atoms with E-state index in [0.717, 1.165) is 16.9 Å². The molecule has 4 rings (SSSR count). The number of carbonyl (C=O) groups is 2. The summed E-state index contributed by atoms with van der Waals surface area (Å²) in [5.41, 5.74) is 2.25. The molecule has 0 N–H and O–H groups in total. The Balaban J connectivity index is 1.81. The highest BCUT2D eigenvalue weighted by Gasteiger charge is 2.42. The second kappa shape index (κ2) is 6.25. The third-order valence-electron chi connectivity index (χ3n) is 4.66. The predicted octanol–water partition coefficient (Wildman–Crippen LogP) is 4.32. The lowest BCUT2D eigenvalue weighted by molar-refractivity contribution is -0.122. The summed E-state index contributed by atoms with van der Waals surface area (Å²) in [6, 6.07) is 13.9. The van der Waals surface area contributed by atoms with Crippen LogP contribution in [-0.2, 0) is 9.59 Å². The number of carbonyl (C=O) groups excluding carboxylic acids is 2. The van der Waals surface area contributed by atoms with Crippen LogP contribution in [0.1, 0.15) is 38.1 Å². The Kier molecular flexibility index (Phi) is 4.04. The number of halogens is 1. The monoisotopic (exact) mass is 367 g/mol. The largest absolute Gasteiger partial charge is 0.315 e. The van der Waals surface area contributed by atoms with E-state index < -0.39 is 6.04 Å². The van der Waals surface area contributed by atoms with Gasteiger partial charge in [-0.25, -0.2) is 9.88 Å². The van der Waals surface area contributed by atoms with Crippen LogP contribution in [0.15, 0.2) is 48.5 Å². The van der Waals surface area contributed by atoms with Crippen LogP contribution in [0.25, 0.3) is 11.0 Å². The van der Waals surface area contributed by atoms with Crippen LogP contribution in [-0.4, -0.2) is 21.4 Å². The summed E-state index contributed by atoms with van der Waals surface area (Å²) in [5, 5.41) is 0.562. The van der Waals surface area contributed by atoms with Crippen LogP contribution >= 0.6 is 11.6 Å². The minimum absolute atomic E-state index is 0.127. The number of amides is 2. The average Bonchev–Trinajstić information content (AvgIpc) is 3.13. The van der Waals surface area contributed by atoms with E-state index in [1.807, 2.05) is 42.7 Å². The number of benzene rings is 2. The second-order valence-corrected chi connectivity index (χ2v) is 7.18. The molecule has 1 fully saturated rings. The standard InChI is InChI=1S/C20H18ClN3O2/c1-12(2)19-22-15-5-3-4-6-16(15)24(19)17-11-18(25)23(20(17)26)14-9-7-13(21)8-10-14/h3-10,12,17H,11H2,1-2H3/t17-/m1/s1. The first-order valence-corrected chi connectivity index (χ1v) is 8.94. The van der Waals surface area contributed by atoms with E-state index in [9.17, 15) is 9.59 Å². The molecular formula is C20H18ClN3O2. The van der Waals surface area contributed by atoms with E-state index in [1.165, 1.54) is 4.90 Å². The van der Waals surface area contributed by atoms with Gasteiger partial charge >= 0.3 is 0 Å². The summed E-state index contributed by atoms with van der Waals surface area (Å²) < 4.78 is 1.93.